The molecule has 4 amide bonds. The third-order valence-electron chi connectivity index (χ3n) is 9.96. The Hall–Kier alpha value is -3.14. The van der Waals surface area contributed by atoms with E-state index >= 15 is 0 Å². The van der Waals surface area contributed by atoms with Crippen LogP contribution in [0.5, 0.6) is 0 Å². The van der Waals surface area contributed by atoms with E-state index in [-0.39, 0.29) is 41.8 Å². The van der Waals surface area contributed by atoms with E-state index in [0.717, 1.165) is 70.9 Å². The van der Waals surface area contributed by atoms with E-state index in [9.17, 15) is 14.4 Å². The lowest BCUT2D eigenvalue weighted by molar-refractivity contribution is -0.0676. The number of hydrogen-bond donors (Lipinski definition) is 4. The third kappa shape index (κ3) is 3.95. The van der Waals surface area contributed by atoms with Crippen molar-refractivity contribution in [3.05, 3.63) is 23.9 Å². The quantitative estimate of drug-likeness (QED) is 0.481. The van der Waals surface area contributed by atoms with Crippen molar-refractivity contribution in [3.63, 3.8) is 0 Å². The molecule has 2 saturated heterocycles. The minimum Gasteiger partial charge on any atom is -0.346 e. The van der Waals surface area contributed by atoms with E-state index in [1.165, 1.54) is 17.5 Å². The number of nitrogens with zero attached hydrogens (tertiary/aromatic N) is 3. The first kappa shape index (κ1) is 23.9. The second-order valence-electron chi connectivity index (χ2n) is 12.0. The summed E-state index contributed by atoms with van der Waals surface area (Å²) in [6.45, 7) is 1.99. The number of urea groups is 1. The fourth-order valence-electron chi connectivity index (χ4n) is 7.75. The van der Waals surface area contributed by atoms with Crippen molar-refractivity contribution in [1.82, 2.24) is 30.6 Å². The van der Waals surface area contributed by atoms with E-state index in [2.05, 4.69) is 31.3 Å². The molecule has 0 radical (unpaired) electrons. The van der Waals surface area contributed by atoms with Crippen LogP contribution in [0, 0.1) is 5.92 Å². The Kier molecular flexibility index (Phi) is 5.83. The summed E-state index contributed by atoms with van der Waals surface area (Å²) < 4.78 is 1.32. The summed E-state index contributed by atoms with van der Waals surface area (Å²) in [5.41, 5.74) is 1.66. The lowest BCUT2D eigenvalue weighted by atomic mass is 9.61. The Bertz CT molecular complexity index is 1270. The fraction of sp³-hybridized carbons (Fsp3) is 0.643. The van der Waals surface area contributed by atoms with Gasteiger partial charge < -0.3 is 21.3 Å². The topological polar surface area (TPSA) is 120 Å². The number of aromatic nitrogens is 2. The summed E-state index contributed by atoms with van der Waals surface area (Å²) in [7, 11) is 0. The van der Waals surface area contributed by atoms with E-state index in [1.807, 2.05) is 0 Å². The van der Waals surface area contributed by atoms with Crippen LogP contribution < -0.4 is 21.3 Å². The molecular formula is C28H37N7O3. The van der Waals surface area contributed by atoms with Crippen LogP contribution in [0.15, 0.2) is 18.2 Å². The van der Waals surface area contributed by atoms with Gasteiger partial charge in [-0.05, 0) is 69.1 Å². The molecule has 202 valence electrons. The molecule has 2 aliphatic heterocycles. The number of carbonyl (C=O) groups is 3. The van der Waals surface area contributed by atoms with Gasteiger partial charge >= 0.3 is 12.1 Å². The SMILES string of the molecule is O=C(Nc1ccc2c(c1)c(C(=O)N[C@H]1CN3CCC34CCC14)nn2C(=O)NC1CCCC1)NC1CCCC1. The molecule has 3 aliphatic carbocycles. The first-order valence-corrected chi connectivity index (χ1v) is 14.5. The molecule has 7 rings (SSSR count). The maximum Gasteiger partial charge on any atom is 0.342 e. The molecule has 5 aliphatic rings. The normalized spacial score (nSPS) is 28.8. The smallest absolute Gasteiger partial charge is 0.342 e. The average Bonchev–Trinajstić information content (AvgIpc) is 3.63. The summed E-state index contributed by atoms with van der Waals surface area (Å²) in [5.74, 6) is 0.236. The summed E-state index contributed by atoms with van der Waals surface area (Å²) in [6.07, 6.45) is 12.0. The molecule has 4 N–H and O–H groups in total. The third-order valence-corrected chi connectivity index (χ3v) is 9.96. The van der Waals surface area contributed by atoms with Crippen LogP contribution >= 0.6 is 0 Å². The van der Waals surface area contributed by atoms with Crippen molar-refractivity contribution >= 4 is 34.6 Å². The van der Waals surface area contributed by atoms with Crippen LogP contribution in [0.2, 0.25) is 0 Å². The molecule has 3 atom stereocenters. The number of rotatable bonds is 5. The van der Waals surface area contributed by atoms with Crippen LogP contribution in [0.1, 0.15) is 81.1 Å². The molecule has 1 aromatic heterocycles. The van der Waals surface area contributed by atoms with Crippen molar-refractivity contribution < 1.29 is 14.4 Å². The Morgan fingerprint density at radius 3 is 2.26 bits per heavy atom. The van der Waals surface area contributed by atoms with Gasteiger partial charge in [-0.1, -0.05) is 25.7 Å². The second kappa shape index (κ2) is 9.25. The van der Waals surface area contributed by atoms with Crippen molar-refractivity contribution in [1.29, 1.82) is 0 Å². The van der Waals surface area contributed by atoms with Gasteiger partial charge in [0.25, 0.3) is 5.91 Å². The lowest BCUT2D eigenvalue weighted by Gasteiger charge is -2.58. The van der Waals surface area contributed by atoms with E-state index < -0.39 is 0 Å². The first-order valence-electron chi connectivity index (χ1n) is 14.5. The van der Waals surface area contributed by atoms with Gasteiger partial charge in [0.1, 0.15) is 0 Å². The van der Waals surface area contributed by atoms with E-state index in [1.54, 1.807) is 18.2 Å². The molecule has 0 bridgehead atoms. The van der Waals surface area contributed by atoms with Crippen LogP contribution in [0.3, 0.4) is 0 Å². The highest BCUT2D eigenvalue weighted by Crippen LogP contribution is 2.57. The molecule has 3 heterocycles. The van der Waals surface area contributed by atoms with Gasteiger partial charge in [0.2, 0.25) is 0 Å². The van der Waals surface area contributed by atoms with Crippen LogP contribution in [0.4, 0.5) is 15.3 Å². The van der Waals surface area contributed by atoms with Gasteiger partial charge in [-0.2, -0.15) is 9.78 Å². The number of benzene rings is 1. The number of carbonyl (C=O) groups excluding carboxylic acids is 3. The van der Waals surface area contributed by atoms with Gasteiger partial charge in [0, 0.05) is 47.8 Å². The molecule has 10 heteroatoms. The van der Waals surface area contributed by atoms with Crippen LogP contribution in [0.25, 0.3) is 10.9 Å². The molecule has 10 nitrogen and oxygen atoms in total. The Labute approximate surface area is 222 Å². The Balaban J connectivity index is 1.15. The second-order valence-corrected chi connectivity index (χ2v) is 12.0. The highest BCUT2D eigenvalue weighted by molar-refractivity contribution is 6.08. The molecule has 1 spiro atoms. The fourth-order valence-corrected chi connectivity index (χ4v) is 7.75. The minimum absolute atomic E-state index is 0.102. The highest BCUT2D eigenvalue weighted by atomic mass is 16.2. The van der Waals surface area contributed by atoms with Crippen molar-refractivity contribution in [2.45, 2.75) is 94.3 Å². The van der Waals surface area contributed by atoms with Gasteiger partial charge in [-0.25, -0.2) is 9.59 Å². The molecular weight excluding hydrogens is 482 g/mol. The van der Waals surface area contributed by atoms with Gasteiger partial charge in [0.15, 0.2) is 5.69 Å². The molecule has 38 heavy (non-hydrogen) atoms. The predicted octanol–water partition coefficient (Wildman–Crippen LogP) is 3.57. The predicted molar refractivity (Wildman–Crippen MR) is 143 cm³/mol. The monoisotopic (exact) mass is 519 g/mol. The first-order chi connectivity index (χ1) is 18.5. The number of fused-ring (bicyclic) bond motifs is 1. The standard InChI is InChI=1S/C28H37N7O3/c36-25(32-22-16-34-14-13-28(34)12-11-21(22)28)24-20-15-19(30-26(37)29-17-5-1-2-6-17)9-10-23(20)35(33-24)27(38)31-18-7-3-4-8-18/h9-10,15,17-18,21-22H,1-8,11-14,16H2,(H,31,38)(H,32,36)(H2,29,30,37)/t21?,22-,28?/m0/s1. The summed E-state index contributed by atoms with van der Waals surface area (Å²) in [5, 5.41) is 17.4. The Morgan fingerprint density at radius 1 is 0.895 bits per heavy atom. The molecule has 2 aromatic rings. The molecule has 1 aromatic carbocycles. The zero-order valence-electron chi connectivity index (χ0n) is 21.8. The number of hydrogen-bond acceptors (Lipinski definition) is 5. The van der Waals surface area contributed by atoms with Gasteiger partial charge in [0.05, 0.1) is 5.52 Å². The maximum atomic E-state index is 13.6. The zero-order valence-corrected chi connectivity index (χ0v) is 21.8. The molecule has 2 unspecified atom stereocenters. The summed E-state index contributed by atoms with van der Waals surface area (Å²) >= 11 is 0. The van der Waals surface area contributed by atoms with Crippen molar-refractivity contribution in [2.24, 2.45) is 5.92 Å². The molecule has 3 saturated carbocycles. The zero-order chi connectivity index (χ0) is 25.9. The van der Waals surface area contributed by atoms with Gasteiger partial charge in [-0.15, -0.1) is 0 Å². The lowest BCUT2D eigenvalue weighted by Crippen LogP contribution is -2.64. The summed E-state index contributed by atoms with van der Waals surface area (Å²) in [6, 6.07) is 5.16. The largest absolute Gasteiger partial charge is 0.346 e. The summed E-state index contributed by atoms with van der Waals surface area (Å²) in [4.78, 5) is 42.0. The highest BCUT2D eigenvalue weighted by Gasteiger charge is 2.63. The van der Waals surface area contributed by atoms with E-state index in [4.69, 9.17) is 0 Å². The van der Waals surface area contributed by atoms with Crippen molar-refractivity contribution in [2.75, 3.05) is 18.4 Å². The number of amides is 4. The Morgan fingerprint density at radius 2 is 1.63 bits per heavy atom. The number of nitrogens with one attached hydrogen (secondary N) is 4. The molecule has 5 fully saturated rings. The van der Waals surface area contributed by atoms with Crippen LogP contribution in [-0.4, -0.2) is 69.4 Å². The average molecular weight is 520 g/mol. The maximum absolute atomic E-state index is 13.6. The van der Waals surface area contributed by atoms with Crippen molar-refractivity contribution in [3.8, 4) is 0 Å². The van der Waals surface area contributed by atoms with E-state index in [0.29, 0.717) is 28.0 Å². The minimum atomic E-state index is -0.316. The van der Waals surface area contributed by atoms with Crippen LogP contribution in [-0.2, 0) is 0 Å². The number of anilines is 1. The van der Waals surface area contributed by atoms with Gasteiger partial charge in [-0.3, -0.25) is 9.69 Å².